The predicted molar refractivity (Wildman–Crippen MR) is 47.5 cm³/mol. The number of hydrogen-bond acceptors (Lipinski definition) is 3. The fourth-order valence-corrected chi connectivity index (χ4v) is 2.93. The number of carboxylic acid groups (broad SMARTS) is 1. The topological polar surface area (TPSA) is 63.6 Å². The molecule has 78 valence electrons. The van der Waals surface area contributed by atoms with E-state index >= 15 is 0 Å². The van der Waals surface area contributed by atoms with E-state index in [4.69, 9.17) is 9.84 Å². The molecule has 0 amide bonds. The molecule has 4 heteroatoms. The van der Waals surface area contributed by atoms with Crippen LogP contribution >= 0.6 is 0 Å². The normalized spacial score (nSPS) is 46.1. The van der Waals surface area contributed by atoms with Gasteiger partial charge in [0.1, 0.15) is 5.60 Å². The Morgan fingerprint density at radius 3 is 2.79 bits per heavy atom. The number of carbonyl (C=O) groups excluding carboxylic acids is 1. The minimum atomic E-state index is -0.872. The average Bonchev–Trinajstić information content (AvgIpc) is 2.21. The zero-order chi connectivity index (χ0) is 10.5. The second-order valence-corrected chi connectivity index (χ2v) is 4.73. The molecule has 0 radical (unpaired) electrons. The fraction of sp³-hybridized carbons (Fsp3) is 0.800. The van der Waals surface area contributed by atoms with Gasteiger partial charge in [0.05, 0.1) is 11.8 Å². The molecule has 1 heterocycles. The van der Waals surface area contributed by atoms with Crippen molar-refractivity contribution in [2.24, 2.45) is 17.8 Å². The highest BCUT2D eigenvalue weighted by atomic mass is 16.6. The number of esters is 1. The minimum Gasteiger partial charge on any atom is -0.481 e. The molecule has 2 rings (SSSR count). The lowest BCUT2D eigenvalue weighted by molar-refractivity contribution is -0.152. The molecule has 2 fully saturated rings. The van der Waals surface area contributed by atoms with Crippen LogP contribution in [-0.2, 0) is 14.3 Å². The van der Waals surface area contributed by atoms with Crippen molar-refractivity contribution < 1.29 is 19.4 Å². The molecule has 1 aliphatic carbocycles. The summed E-state index contributed by atoms with van der Waals surface area (Å²) in [5, 5.41) is 9.02. The smallest absolute Gasteiger partial charge is 0.310 e. The van der Waals surface area contributed by atoms with E-state index in [-0.39, 0.29) is 11.9 Å². The molecule has 2 aliphatic rings. The summed E-state index contributed by atoms with van der Waals surface area (Å²) in [6, 6.07) is 0. The summed E-state index contributed by atoms with van der Waals surface area (Å²) in [6.45, 7) is 3.77. The molecule has 0 aromatic heterocycles. The van der Waals surface area contributed by atoms with Crippen LogP contribution < -0.4 is 0 Å². The molecule has 0 unspecified atom stereocenters. The zero-order valence-corrected chi connectivity index (χ0v) is 8.32. The van der Waals surface area contributed by atoms with Gasteiger partial charge >= 0.3 is 11.9 Å². The predicted octanol–water partition coefficient (Wildman–Crippen LogP) is 1.05. The van der Waals surface area contributed by atoms with Crippen LogP contribution in [0.4, 0.5) is 0 Å². The van der Waals surface area contributed by atoms with Crippen molar-refractivity contribution in [3.63, 3.8) is 0 Å². The maximum absolute atomic E-state index is 11.4. The van der Waals surface area contributed by atoms with Crippen LogP contribution in [0, 0.1) is 17.8 Å². The third-order valence-corrected chi connectivity index (χ3v) is 3.39. The fourth-order valence-electron chi connectivity index (χ4n) is 2.93. The minimum absolute atomic E-state index is 0.0164. The first-order valence-corrected chi connectivity index (χ1v) is 4.89. The van der Waals surface area contributed by atoms with Crippen LogP contribution in [0.15, 0.2) is 0 Å². The first kappa shape index (κ1) is 9.49. The third kappa shape index (κ3) is 1.21. The van der Waals surface area contributed by atoms with Gasteiger partial charge < -0.3 is 9.84 Å². The number of hydrogen-bond donors (Lipinski definition) is 1. The molecule has 2 bridgehead atoms. The van der Waals surface area contributed by atoms with E-state index in [9.17, 15) is 9.59 Å². The highest BCUT2D eigenvalue weighted by molar-refractivity contribution is 5.83. The first-order chi connectivity index (χ1) is 6.43. The van der Waals surface area contributed by atoms with Gasteiger partial charge in [-0.3, -0.25) is 9.59 Å². The van der Waals surface area contributed by atoms with Gasteiger partial charge in [-0.2, -0.15) is 0 Å². The maximum Gasteiger partial charge on any atom is 0.310 e. The Morgan fingerprint density at radius 2 is 2.21 bits per heavy atom. The number of carboxylic acids is 1. The molecule has 14 heavy (non-hydrogen) atoms. The van der Waals surface area contributed by atoms with Crippen LogP contribution in [0.1, 0.15) is 26.7 Å². The van der Waals surface area contributed by atoms with Crippen molar-refractivity contribution in [2.45, 2.75) is 32.3 Å². The van der Waals surface area contributed by atoms with Gasteiger partial charge in [-0.05, 0) is 19.3 Å². The highest BCUT2D eigenvalue weighted by Gasteiger charge is 2.55. The van der Waals surface area contributed by atoms with Crippen LogP contribution in [0.25, 0.3) is 0 Å². The number of fused-ring (bicyclic) bond motifs is 2. The molecule has 4 atom stereocenters. The van der Waals surface area contributed by atoms with Gasteiger partial charge in [-0.1, -0.05) is 6.92 Å². The molecule has 1 saturated carbocycles. The van der Waals surface area contributed by atoms with E-state index in [0.29, 0.717) is 12.8 Å². The van der Waals surface area contributed by atoms with Gasteiger partial charge in [0, 0.05) is 6.42 Å². The van der Waals surface area contributed by atoms with E-state index in [1.165, 1.54) is 0 Å². The second-order valence-electron chi connectivity index (χ2n) is 4.73. The first-order valence-electron chi connectivity index (χ1n) is 4.89. The monoisotopic (exact) mass is 198 g/mol. The Hall–Kier alpha value is -1.06. The number of ether oxygens (including phenoxy) is 1. The molecule has 0 spiro atoms. The van der Waals surface area contributed by atoms with E-state index in [0.717, 1.165) is 0 Å². The summed E-state index contributed by atoms with van der Waals surface area (Å²) < 4.78 is 5.22. The van der Waals surface area contributed by atoms with E-state index in [2.05, 4.69) is 0 Å². The summed E-state index contributed by atoms with van der Waals surface area (Å²) in [7, 11) is 0. The van der Waals surface area contributed by atoms with E-state index < -0.39 is 23.4 Å². The van der Waals surface area contributed by atoms with E-state index in [1.807, 2.05) is 13.8 Å². The number of carbonyl (C=O) groups is 2. The Kier molecular flexibility index (Phi) is 1.84. The standard InChI is InChI=1S/C10H14O4/c1-5-3-10(2)4-6(9(13)14-10)7(5)8(11)12/h5-7H,3-4H2,1-2H3,(H,11,12)/t5-,6+,7+,10-/m0/s1. The molecular weight excluding hydrogens is 184 g/mol. The molecule has 1 N–H and O–H groups in total. The molecule has 0 aromatic rings. The van der Waals surface area contributed by atoms with Crippen molar-refractivity contribution in [2.75, 3.05) is 0 Å². The van der Waals surface area contributed by atoms with Crippen molar-refractivity contribution >= 4 is 11.9 Å². The molecule has 1 aliphatic heterocycles. The summed E-state index contributed by atoms with van der Waals surface area (Å²) in [4.78, 5) is 22.4. The second kappa shape index (κ2) is 2.72. The summed E-state index contributed by atoms with van der Waals surface area (Å²) in [6.07, 6.45) is 1.22. The van der Waals surface area contributed by atoms with Crippen LogP contribution in [-0.4, -0.2) is 22.6 Å². The van der Waals surface area contributed by atoms with Gasteiger partial charge in [0.15, 0.2) is 0 Å². The summed E-state index contributed by atoms with van der Waals surface area (Å²) in [5.41, 5.74) is -0.410. The molecule has 4 nitrogen and oxygen atoms in total. The van der Waals surface area contributed by atoms with Crippen molar-refractivity contribution in [3.05, 3.63) is 0 Å². The van der Waals surface area contributed by atoms with Gasteiger partial charge in [0.25, 0.3) is 0 Å². The van der Waals surface area contributed by atoms with Crippen LogP contribution in [0.5, 0.6) is 0 Å². The Morgan fingerprint density at radius 1 is 1.57 bits per heavy atom. The summed E-state index contributed by atoms with van der Waals surface area (Å²) in [5.74, 6) is -2.17. The molecule has 1 saturated heterocycles. The SMILES string of the molecule is C[C@H]1C[C@@]2(C)C[C@@H](C(=O)O2)[C@@H]1C(=O)O. The van der Waals surface area contributed by atoms with Gasteiger partial charge in [-0.25, -0.2) is 0 Å². The van der Waals surface area contributed by atoms with Crippen molar-refractivity contribution in [1.29, 1.82) is 0 Å². The lowest BCUT2D eigenvalue weighted by Crippen LogP contribution is -2.39. The third-order valence-electron chi connectivity index (χ3n) is 3.39. The van der Waals surface area contributed by atoms with Crippen LogP contribution in [0.2, 0.25) is 0 Å². The Labute approximate surface area is 82.2 Å². The average molecular weight is 198 g/mol. The maximum atomic E-state index is 11.4. The van der Waals surface area contributed by atoms with Gasteiger partial charge in [-0.15, -0.1) is 0 Å². The van der Waals surface area contributed by atoms with Crippen LogP contribution in [0.3, 0.4) is 0 Å². The van der Waals surface area contributed by atoms with Crippen molar-refractivity contribution in [1.82, 2.24) is 0 Å². The summed E-state index contributed by atoms with van der Waals surface area (Å²) >= 11 is 0. The number of aliphatic carboxylic acids is 1. The Balaban J connectivity index is 2.31. The Bertz CT molecular complexity index is 298. The highest BCUT2D eigenvalue weighted by Crippen LogP contribution is 2.48. The zero-order valence-electron chi connectivity index (χ0n) is 8.32. The molecular formula is C10H14O4. The number of rotatable bonds is 1. The lowest BCUT2D eigenvalue weighted by atomic mass is 9.69. The van der Waals surface area contributed by atoms with Gasteiger partial charge in [0.2, 0.25) is 0 Å². The van der Waals surface area contributed by atoms with Crippen molar-refractivity contribution in [3.8, 4) is 0 Å². The largest absolute Gasteiger partial charge is 0.481 e. The lowest BCUT2D eigenvalue weighted by Gasteiger charge is -2.33. The molecule has 0 aromatic carbocycles. The quantitative estimate of drug-likeness (QED) is 0.639. The van der Waals surface area contributed by atoms with E-state index in [1.54, 1.807) is 0 Å².